The fourth-order valence-corrected chi connectivity index (χ4v) is 3.16. The first-order valence-electron chi connectivity index (χ1n) is 7.72. The maximum Gasteiger partial charge on any atom is 0.0958 e. The van der Waals surface area contributed by atoms with Gasteiger partial charge in [0.2, 0.25) is 0 Å². The zero-order valence-electron chi connectivity index (χ0n) is 12.0. The van der Waals surface area contributed by atoms with Gasteiger partial charge < -0.3 is 15.6 Å². The van der Waals surface area contributed by atoms with Gasteiger partial charge in [0.25, 0.3) is 0 Å². The molecule has 2 unspecified atom stereocenters. The highest BCUT2D eigenvalue weighted by molar-refractivity contribution is 5.74. The van der Waals surface area contributed by atoms with Crippen molar-refractivity contribution < 1.29 is 0 Å². The van der Waals surface area contributed by atoms with Crippen molar-refractivity contribution in [3.63, 3.8) is 0 Å². The van der Waals surface area contributed by atoms with Crippen molar-refractivity contribution in [1.29, 1.82) is 0 Å². The summed E-state index contributed by atoms with van der Waals surface area (Å²) < 4.78 is 2.24. The molecule has 1 fully saturated rings. The van der Waals surface area contributed by atoms with E-state index in [-0.39, 0.29) is 0 Å². The van der Waals surface area contributed by atoms with Crippen LogP contribution >= 0.6 is 0 Å². The molecule has 1 aliphatic carbocycles. The Morgan fingerprint density at radius 3 is 3.10 bits per heavy atom. The van der Waals surface area contributed by atoms with Crippen LogP contribution in [0.25, 0.3) is 11.0 Å². The minimum absolute atomic E-state index is 0.402. The first-order valence-corrected chi connectivity index (χ1v) is 7.72. The third-order valence-corrected chi connectivity index (χ3v) is 4.25. The second-order valence-corrected chi connectivity index (χ2v) is 5.86. The van der Waals surface area contributed by atoms with Crippen molar-refractivity contribution in [2.24, 2.45) is 5.73 Å². The van der Waals surface area contributed by atoms with Crippen molar-refractivity contribution >= 4 is 11.0 Å². The topological polar surface area (TPSA) is 55.9 Å². The quantitative estimate of drug-likeness (QED) is 0.821. The number of aromatic nitrogens is 2. The maximum absolute atomic E-state index is 6.02. The summed E-state index contributed by atoms with van der Waals surface area (Å²) >= 11 is 0. The zero-order valence-corrected chi connectivity index (χ0v) is 12.0. The molecule has 0 spiro atoms. The number of imidazole rings is 1. The van der Waals surface area contributed by atoms with E-state index in [9.17, 15) is 0 Å². The predicted octanol–water partition coefficient (Wildman–Crippen LogP) is 2.29. The third kappa shape index (κ3) is 3.19. The molecule has 1 saturated carbocycles. The van der Waals surface area contributed by atoms with Gasteiger partial charge in [-0.2, -0.15) is 0 Å². The molecule has 4 nitrogen and oxygen atoms in total. The largest absolute Gasteiger partial charge is 0.331 e. The second kappa shape index (κ2) is 6.37. The highest BCUT2D eigenvalue weighted by atomic mass is 15.0. The molecule has 4 heteroatoms. The van der Waals surface area contributed by atoms with Gasteiger partial charge >= 0.3 is 0 Å². The van der Waals surface area contributed by atoms with Gasteiger partial charge in [-0.3, -0.25) is 0 Å². The molecule has 0 amide bonds. The second-order valence-electron chi connectivity index (χ2n) is 5.86. The lowest BCUT2D eigenvalue weighted by Gasteiger charge is -2.27. The molecular weight excluding hydrogens is 248 g/mol. The third-order valence-electron chi connectivity index (χ3n) is 4.25. The van der Waals surface area contributed by atoms with Gasteiger partial charge in [0.15, 0.2) is 0 Å². The van der Waals surface area contributed by atoms with E-state index in [0.717, 1.165) is 31.4 Å². The molecule has 2 aromatic rings. The Bertz CT molecular complexity index is 548. The van der Waals surface area contributed by atoms with Crippen molar-refractivity contribution in [3.05, 3.63) is 30.6 Å². The summed E-state index contributed by atoms with van der Waals surface area (Å²) in [5.41, 5.74) is 8.33. The van der Waals surface area contributed by atoms with E-state index < -0.39 is 0 Å². The lowest BCUT2D eigenvalue weighted by atomic mass is 9.91. The Kier molecular flexibility index (Phi) is 4.33. The molecule has 3 rings (SSSR count). The van der Waals surface area contributed by atoms with Gasteiger partial charge in [-0.25, -0.2) is 4.98 Å². The smallest absolute Gasteiger partial charge is 0.0958 e. The molecule has 1 aromatic carbocycles. The number of benzene rings is 1. The summed E-state index contributed by atoms with van der Waals surface area (Å²) in [4.78, 5) is 4.42. The van der Waals surface area contributed by atoms with Crippen LogP contribution in [0.3, 0.4) is 0 Å². The van der Waals surface area contributed by atoms with Gasteiger partial charge in [-0.1, -0.05) is 18.6 Å². The number of rotatable bonds is 5. The number of hydrogen-bond acceptors (Lipinski definition) is 3. The molecule has 108 valence electrons. The van der Waals surface area contributed by atoms with E-state index in [1.54, 1.807) is 0 Å². The fraction of sp³-hybridized carbons (Fsp3) is 0.562. The van der Waals surface area contributed by atoms with Crippen LogP contribution in [0.4, 0.5) is 0 Å². The van der Waals surface area contributed by atoms with Crippen LogP contribution in [0, 0.1) is 0 Å². The monoisotopic (exact) mass is 272 g/mol. The van der Waals surface area contributed by atoms with E-state index in [1.807, 2.05) is 12.4 Å². The summed E-state index contributed by atoms with van der Waals surface area (Å²) in [6.45, 7) is 2.08. The molecule has 2 atom stereocenters. The van der Waals surface area contributed by atoms with Crippen molar-refractivity contribution in [2.45, 2.75) is 50.7 Å². The summed E-state index contributed by atoms with van der Waals surface area (Å²) in [6.07, 6.45) is 7.95. The Balaban J connectivity index is 1.46. The van der Waals surface area contributed by atoms with Crippen LogP contribution in [0.1, 0.15) is 32.1 Å². The minimum atomic E-state index is 0.402. The summed E-state index contributed by atoms with van der Waals surface area (Å²) in [6, 6.07) is 9.33. The SMILES string of the molecule is NC1CCCC(NCCCn2cnc3ccccc32)C1. The molecule has 0 saturated heterocycles. The zero-order chi connectivity index (χ0) is 13.8. The Morgan fingerprint density at radius 2 is 2.20 bits per heavy atom. The molecule has 0 radical (unpaired) electrons. The van der Waals surface area contributed by atoms with Crippen LogP contribution in [0.15, 0.2) is 30.6 Å². The summed E-state index contributed by atoms with van der Waals surface area (Å²) in [5, 5.41) is 3.65. The predicted molar refractivity (Wildman–Crippen MR) is 82.6 cm³/mol. The number of aryl methyl sites for hydroxylation is 1. The van der Waals surface area contributed by atoms with Crippen molar-refractivity contribution in [1.82, 2.24) is 14.9 Å². The first kappa shape index (κ1) is 13.6. The molecule has 20 heavy (non-hydrogen) atoms. The van der Waals surface area contributed by atoms with Crippen LogP contribution in [0.2, 0.25) is 0 Å². The van der Waals surface area contributed by atoms with Crippen molar-refractivity contribution in [3.8, 4) is 0 Å². The average Bonchev–Trinajstić information content (AvgIpc) is 2.87. The van der Waals surface area contributed by atoms with Gasteiger partial charge in [-0.15, -0.1) is 0 Å². The van der Waals surface area contributed by atoms with Gasteiger partial charge in [0, 0.05) is 18.6 Å². The fourth-order valence-electron chi connectivity index (χ4n) is 3.16. The van der Waals surface area contributed by atoms with E-state index in [4.69, 9.17) is 5.73 Å². The Hall–Kier alpha value is -1.39. The first-order chi connectivity index (χ1) is 9.83. The average molecular weight is 272 g/mol. The lowest BCUT2D eigenvalue weighted by molar-refractivity contribution is 0.337. The highest BCUT2D eigenvalue weighted by Gasteiger charge is 2.18. The number of hydrogen-bond donors (Lipinski definition) is 2. The van der Waals surface area contributed by atoms with Crippen LogP contribution in [-0.2, 0) is 6.54 Å². The molecule has 0 aliphatic heterocycles. The van der Waals surface area contributed by atoms with E-state index in [2.05, 4.69) is 33.1 Å². The van der Waals surface area contributed by atoms with E-state index in [0.29, 0.717) is 12.1 Å². The van der Waals surface area contributed by atoms with E-state index >= 15 is 0 Å². The number of fused-ring (bicyclic) bond motifs is 1. The van der Waals surface area contributed by atoms with Gasteiger partial charge in [-0.05, 0) is 44.4 Å². The molecule has 0 bridgehead atoms. The molecule has 1 heterocycles. The van der Waals surface area contributed by atoms with Crippen LogP contribution in [-0.4, -0.2) is 28.2 Å². The highest BCUT2D eigenvalue weighted by Crippen LogP contribution is 2.17. The molecule has 3 N–H and O–H groups in total. The summed E-state index contributed by atoms with van der Waals surface area (Å²) in [7, 11) is 0. The van der Waals surface area contributed by atoms with Crippen LogP contribution in [0.5, 0.6) is 0 Å². The number of nitrogens with two attached hydrogens (primary N) is 1. The Labute approximate surface area is 120 Å². The molecular formula is C16H24N4. The minimum Gasteiger partial charge on any atom is -0.331 e. The van der Waals surface area contributed by atoms with E-state index in [1.165, 1.54) is 24.8 Å². The Morgan fingerprint density at radius 1 is 1.30 bits per heavy atom. The number of para-hydroxylation sites is 2. The molecule has 1 aromatic heterocycles. The summed E-state index contributed by atoms with van der Waals surface area (Å²) in [5.74, 6) is 0. The number of nitrogens with one attached hydrogen (secondary N) is 1. The normalized spacial score (nSPS) is 23.2. The van der Waals surface area contributed by atoms with Gasteiger partial charge in [0.05, 0.1) is 17.4 Å². The van der Waals surface area contributed by atoms with Crippen molar-refractivity contribution in [2.75, 3.05) is 6.54 Å². The van der Waals surface area contributed by atoms with Crippen LogP contribution < -0.4 is 11.1 Å². The van der Waals surface area contributed by atoms with Gasteiger partial charge in [0.1, 0.15) is 0 Å². The standard InChI is InChI=1S/C16H24N4/c17-13-5-3-6-14(11-13)18-9-4-10-20-12-19-15-7-1-2-8-16(15)20/h1-2,7-8,12-14,18H,3-6,9-11,17H2. The molecule has 1 aliphatic rings. The maximum atomic E-state index is 6.02. The lowest BCUT2D eigenvalue weighted by Crippen LogP contribution is -2.39. The number of nitrogens with zero attached hydrogens (tertiary/aromatic N) is 2.